The lowest BCUT2D eigenvalue weighted by Gasteiger charge is -2.34. The van der Waals surface area contributed by atoms with Crippen molar-refractivity contribution in [2.24, 2.45) is 16.8 Å². The van der Waals surface area contributed by atoms with Gasteiger partial charge in [-0.2, -0.15) is 0 Å². The number of carbonyl (C=O) groups is 1. The molecule has 164 valence electrons. The molecule has 2 heterocycles. The van der Waals surface area contributed by atoms with Gasteiger partial charge in [-0.3, -0.25) is 9.79 Å². The van der Waals surface area contributed by atoms with Crippen LogP contribution in [0.3, 0.4) is 0 Å². The summed E-state index contributed by atoms with van der Waals surface area (Å²) in [6.07, 6.45) is 10.2. The minimum absolute atomic E-state index is 0.149. The first-order chi connectivity index (χ1) is 14.2. The number of amides is 1. The predicted molar refractivity (Wildman–Crippen MR) is 119 cm³/mol. The highest BCUT2D eigenvalue weighted by atomic mass is 16.3. The molecule has 0 aliphatic carbocycles. The number of likely N-dealkylation sites (tertiary alicyclic amines) is 1. The first-order valence-corrected chi connectivity index (χ1v) is 11.4. The number of hydrogen-bond donors (Lipinski definition) is 2. The van der Waals surface area contributed by atoms with E-state index in [2.05, 4.69) is 29.4 Å². The van der Waals surface area contributed by atoms with Crippen LogP contribution in [0.25, 0.3) is 0 Å². The molecular formula is C23H40N4O2. The van der Waals surface area contributed by atoms with Crippen LogP contribution in [-0.2, 0) is 11.2 Å². The Morgan fingerprint density at radius 3 is 2.76 bits per heavy atom. The molecule has 0 radical (unpaired) electrons. The van der Waals surface area contributed by atoms with Crippen molar-refractivity contribution in [2.45, 2.75) is 65.2 Å². The second-order valence-corrected chi connectivity index (χ2v) is 8.14. The van der Waals surface area contributed by atoms with E-state index < -0.39 is 0 Å². The fourth-order valence-corrected chi connectivity index (χ4v) is 3.87. The van der Waals surface area contributed by atoms with Gasteiger partial charge in [0.25, 0.3) is 0 Å². The van der Waals surface area contributed by atoms with E-state index in [0.717, 1.165) is 57.2 Å². The average molecular weight is 405 g/mol. The van der Waals surface area contributed by atoms with Crippen molar-refractivity contribution in [1.82, 2.24) is 15.5 Å². The molecule has 1 aromatic heterocycles. The fraction of sp³-hybridized carbons (Fsp3) is 0.739. The number of nitrogens with zero attached hydrogens (tertiary/aromatic N) is 2. The summed E-state index contributed by atoms with van der Waals surface area (Å²) in [5, 5.41) is 6.31. The number of aliphatic imine (C=N–C) groups is 1. The van der Waals surface area contributed by atoms with Crippen molar-refractivity contribution in [1.29, 1.82) is 0 Å². The monoisotopic (exact) mass is 404 g/mol. The quantitative estimate of drug-likeness (QED) is 0.434. The number of nitrogens with one attached hydrogen (secondary N) is 2. The van der Waals surface area contributed by atoms with Gasteiger partial charge >= 0.3 is 0 Å². The smallest absolute Gasteiger partial charge is 0.220 e. The van der Waals surface area contributed by atoms with E-state index >= 15 is 0 Å². The van der Waals surface area contributed by atoms with E-state index in [1.54, 1.807) is 13.3 Å². The molecule has 0 saturated carbocycles. The molecule has 0 aromatic carbocycles. The van der Waals surface area contributed by atoms with Gasteiger partial charge in [0.1, 0.15) is 5.76 Å². The summed E-state index contributed by atoms with van der Waals surface area (Å²) in [7, 11) is 1.72. The Hall–Kier alpha value is -1.98. The Labute approximate surface area is 176 Å². The molecule has 1 amide bonds. The first-order valence-electron chi connectivity index (χ1n) is 11.4. The Kier molecular flexibility index (Phi) is 10.7. The van der Waals surface area contributed by atoms with E-state index in [-0.39, 0.29) is 5.91 Å². The van der Waals surface area contributed by atoms with Crippen LogP contribution in [0.15, 0.2) is 27.8 Å². The van der Waals surface area contributed by atoms with Crippen LogP contribution in [0.4, 0.5) is 0 Å². The summed E-state index contributed by atoms with van der Waals surface area (Å²) < 4.78 is 5.45. The standard InChI is InChI=1S/C23H40N4O2/c1-4-6-8-19(5-2)18-26-23(25-13-10-21-9-7-16-29-21)27-14-11-20(12-15-27)17-22(28)24-3/h7,9,16,19-20H,4-6,8,10-15,17-18H2,1-3H3,(H,24,28)(H,25,26). The summed E-state index contributed by atoms with van der Waals surface area (Å²) in [6.45, 7) is 8.14. The van der Waals surface area contributed by atoms with Gasteiger partial charge < -0.3 is 20.0 Å². The van der Waals surface area contributed by atoms with Gasteiger partial charge in [0, 0.05) is 46.1 Å². The van der Waals surface area contributed by atoms with Gasteiger partial charge in [-0.15, -0.1) is 0 Å². The van der Waals surface area contributed by atoms with Crippen molar-refractivity contribution in [2.75, 3.05) is 33.2 Å². The van der Waals surface area contributed by atoms with Crippen LogP contribution in [0.1, 0.15) is 64.6 Å². The van der Waals surface area contributed by atoms with E-state index in [9.17, 15) is 4.79 Å². The van der Waals surface area contributed by atoms with Gasteiger partial charge in [-0.25, -0.2) is 0 Å². The van der Waals surface area contributed by atoms with Crippen molar-refractivity contribution in [3.8, 4) is 0 Å². The predicted octanol–water partition coefficient (Wildman–Crippen LogP) is 3.83. The third kappa shape index (κ3) is 8.50. The summed E-state index contributed by atoms with van der Waals surface area (Å²) in [4.78, 5) is 19.1. The van der Waals surface area contributed by atoms with Gasteiger partial charge in [-0.05, 0) is 43.2 Å². The molecule has 0 bridgehead atoms. The Morgan fingerprint density at radius 2 is 2.14 bits per heavy atom. The van der Waals surface area contributed by atoms with Crippen molar-refractivity contribution in [3.05, 3.63) is 24.2 Å². The zero-order valence-corrected chi connectivity index (χ0v) is 18.6. The van der Waals surface area contributed by atoms with Crippen molar-refractivity contribution < 1.29 is 9.21 Å². The molecule has 1 aliphatic rings. The minimum atomic E-state index is 0.149. The van der Waals surface area contributed by atoms with Crippen LogP contribution in [-0.4, -0.2) is 50.0 Å². The van der Waals surface area contributed by atoms with Crippen LogP contribution < -0.4 is 10.6 Å². The molecular weight excluding hydrogens is 364 g/mol. The second kappa shape index (κ2) is 13.3. The molecule has 1 fully saturated rings. The molecule has 1 saturated heterocycles. The lowest BCUT2D eigenvalue weighted by molar-refractivity contribution is -0.121. The molecule has 6 nitrogen and oxygen atoms in total. The molecule has 2 N–H and O–H groups in total. The Balaban J connectivity index is 1.92. The Morgan fingerprint density at radius 1 is 1.34 bits per heavy atom. The highest BCUT2D eigenvalue weighted by Crippen LogP contribution is 2.21. The molecule has 1 unspecified atom stereocenters. The zero-order chi connectivity index (χ0) is 20.9. The van der Waals surface area contributed by atoms with E-state index in [0.29, 0.717) is 18.3 Å². The summed E-state index contributed by atoms with van der Waals surface area (Å²) >= 11 is 0. The first kappa shape index (κ1) is 23.3. The van der Waals surface area contributed by atoms with Crippen LogP contribution in [0.5, 0.6) is 0 Å². The molecule has 1 aromatic rings. The summed E-state index contributed by atoms with van der Waals surface area (Å²) in [5.41, 5.74) is 0. The van der Waals surface area contributed by atoms with Gasteiger partial charge in [-0.1, -0.05) is 33.1 Å². The largest absolute Gasteiger partial charge is 0.469 e. The highest BCUT2D eigenvalue weighted by molar-refractivity contribution is 5.80. The van der Waals surface area contributed by atoms with Crippen molar-refractivity contribution in [3.63, 3.8) is 0 Å². The number of rotatable bonds is 11. The number of carbonyl (C=O) groups excluding carboxylic acids is 1. The molecule has 29 heavy (non-hydrogen) atoms. The lowest BCUT2D eigenvalue weighted by Crippen LogP contribution is -2.46. The molecule has 6 heteroatoms. The maximum absolute atomic E-state index is 11.7. The van der Waals surface area contributed by atoms with Crippen LogP contribution >= 0.6 is 0 Å². The van der Waals surface area contributed by atoms with Crippen molar-refractivity contribution >= 4 is 11.9 Å². The second-order valence-electron chi connectivity index (χ2n) is 8.14. The maximum atomic E-state index is 11.7. The van der Waals surface area contributed by atoms with E-state index in [1.165, 1.54) is 25.7 Å². The van der Waals surface area contributed by atoms with E-state index in [1.807, 2.05) is 12.1 Å². The average Bonchev–Trinajstić information content (AvgIpc) is 3.26. The van der Waals surface area contributed by atoms with Gasteiger partial charge in [0.05, 0.1) is 6.26 Å². The molecule has 0 spiro atoms. The van der Waals surface area contributed by atoms with Crippen LogP contribution in [0, 0.1) is 11.8 Å². The van der Waals surface area contributed by atoms with Crippen LogP contribution in [0.2, 0.25) is 0 Å². The fourth-order valence-electron chi connectivity index (χ4n) is 3.87. The van der Waals surface area contributed by atoms with Gasteiger partial charge in [0.15, 0.2) is 5.96 Å². The Bertz CT molecular complexity index is 592. The summed E-state index contributed by atoms with van der Waals surface area (Å²) in [5.74, 6) is 3.29. The minimum Gasteiger partial charge on any atom is -0.469 e. The number of unbranched alkanes of at least 4 members (excludes halogenated alkanes) is 1. The zero-order valence-electron chi connectivity index (χ0n) is 18.6. The van der Waals surface area contributed by atoms with E-state index in [4.69, 9.17) is 9.41 Å². The third-order valence-electron chi connectivity index (χ3n) is 5.94. The number of guanidine groups is 1. The molecule has 1 atom stereocenters. The molecule has 2 rings (SSSR count). The number of furan rings is 1. The SMILES string of the molecule is CCCCC(CC)CN=C(NCCc1ccco1)N1CCC(CC(=O)NC)CC1. The topological polar surface area (TPSA) is 69.9 Å². The highest BCUT2D eigenvalue weighted by Gasteiger charge is 2.23. The number of hydrogen-bond acceptors (Lipinski definition) is 3. The third-order valence-corrected chi connectivity index (χ3v) is 5.94. The lowest BCUT2D eigenvalue weighted by atomic mass is 9.93. The molecule has 1 aliphatic heterocycles. The van der Waals surface area contributed by atoms with Gasteiger partial charge in [0.2, 0.25) is 5.91 Å². The normalized spacial score (nSPS) is 16.7. The summed E-state index contributed by atoms with van der Waals surface area (Å²) in [6, 6.07) is 3.95. The number of piperidine rings is 1. The maximum Gasteiger partial charge on any atom is 0.220 e.